The Labute approximate surface area is 158 Å². The van der Waals surface area contributed by atoms with Gasteiger partial charge in [-0.1, -0.05) is 61.0 Å². The summed E-state index contributed by atoms with van der Waals surface area (Å²) in [4.78, 5) is 18.7. The van der Waals surface area contributed by atoms with E-state index in [9.17, 15) is 4.79 Å². The van der Waals surface area contributed by atoms with Gasteiger partial charge in [-0.25, -0.2) is 0 Å². The van der Waals surface area contributed by atoms with Crippen molar-refractivity contribution in [3.63, 3.8) is 0 Å². The normalized spacial score (nSPS) is 18.7. The summed E-state index contributed by atoms with van der Waals surface area (Å²) >= 11 is 6.01. The number of carbonyl (C=O) groups excluding carboxylic acids is 1. The third-order valence-corrected chi connectivity index (χ3v) is 5.83. The maximum Gasteiger partial charge on any atom is 0.233 e. The van der Waals surface area contributed by atoms with Gasteiger partial charge < -0.3 is 9.42 Å². The first kappa shape index (κ1) is 17.5. The number of likely N-dealkylation sites (tertiary alicyclic amines) is 1. The average molecular weight is 374 g/mol. The first-order valence-electron chi connectivity index (χ1n) is 9.56. The number of nitrogens with zero attached hydrogens (tertiary/aromatic N) is 3. The third-order valence-electron chi connectivity index (χ3n) is 5.60. The lowest BCUT2D eigenvalue weighted by molar-refractivity contribution is -0.136. The summed E-state index contributed by atoms with van der Waals surface area (Å²) in [6.45, 7) is 1.36. The lowest BCUT2D eigenvalue weighted by atomic mass is 9.86. The van der Waals surface area contributed by atoms with Gasteiger partial charge in [-0.15, -0.1) is 0 Å². The Balaban J connectivity index is 1.27. The molecule has 6 heteroatoms. The molecule has 2 aromatic rings. The van der Waals surface area contributed by atoms with Crippen LogP contribution in [-0.4, -0.2) is 34.0 Å². The number of carbonyl (C=O) groups is 1. The van der Waals surface area contributed by atoms with Crippen molar-refractivity contribution in [2.75, 3.05) is 13.1 Å². The van der Waals surface area contributed by atoms with Crippen LogP contribution in [-0.2, 0) is 4.79 Å². The van der Waals surface area contributed by atoms with Crippen molar-refractivity contribution in [3.05, 3.63) is 35.2 Å². The van der Waals surface area contributed by atoms with Gasteiger partial charge in [-0.3, -0.25) is 4.79 Å². The summed E-state index contributed by atoms with van der Waals surface area (Å²) in [7, 11) is 0. The van der Waals surface area contributed by atoms with E-state index < -0.39 is 0 Å². The van der Waals surface area contributed by atoms with Gasteiger partial charge in [0.1, 0.15) is 0 Å². The van der Waals surface area contributed by atoms with Crippen molar-refractivity contribution in [2.45, 2.75) is 50.9 Å². The van der Waals surface area contributed by atoms with Gasteiger partial charge in [-0.2, -0.15) is 4.98 Å². The summed E-state index contributed by atoms with van der Waals surface area (Å²) in [5.74, 6) is 2.32. The summed E-state index contributed by atoms with van der Waals surface area (Å²) < 4.78 is 5.40. The number of hydrogen-bond donors (Lipinski definition) is 0. The highest BCUT2D eigenvalue weighted by atomic mass is 35.5. The van der Waals surface area contributed by atoms with Crippen LogP contribution in [0, 0.1) is 5.92 Å². The summed E-state index contributed by atoms with van der Waals surface area (Å²) in [5.41, 5.74) is 0.840. The highest BCUT2D eigenvalue weighted by molar-refractivity contribution is 6.30. The number of benzene rings is 1. The average Bonchev–Trinajstić information content (AvgIpc) is 3.09. The fourth-order valence-corrected chi connectivity index (χ4v) is 4.14. The Morgan fingerprint density at radius 2 is 2.04 bits per heavy atom. The molecule has 1 aliphatic heterocycles. The van der Waals surface area contributed by atoms with E-state index >= 15 is 0 Å². The standard InChI is InChI=1S/C20H24ClN3O2/c21-17-8-4-7-15(11-17)19-22-20(26-23-19)16-12-24(13-16)18(25)10-9-14-5-2-1-3-6-14/h4,7-8,11,14,16H,1-3,5-6,9-10,12-13H2. The second kappa shape index (κ2) is 7.78. The maximum absolute atomic E-state index is 12.4. The SMILES string of the molecule is O=C(CCC1CCCCC1)N1CC(c2nc(-c3cccc(Cl)c3)no2)C1. The van der Waals surface area contributed by atoms with Crippen LogP contribution < -0.4 is 0 Å². The summed E-state index contributed by atoms with van der Waals surface area (Å²) in [6, 6.07) is 7.40. The van der Waals surface area contributed by atoms with Gasteiger partial charge in [-0.05, 0) is 24.5 Å². The van der Waals surface area contributed by atoms with Crippen molar-refractivity contribution in [1.29, 1.82) is 0 Å². The topological polar surface area (TPSA) is 59.2 Å². The number of amides is 1. The molecule has 0 bridgehead atoms. The van der Waals surface area contributed by atoms with Gasteiger partial charge in [0.05, 0.1) is 5.92 Å². The van der Waals surface area contributed by atoms with E-state index in [0.29, 0.717) is 36.2 Å². The van der Waals surface area contributed by atoms with Crippen LogP contribution in [0.25, 0.3) is 11.4 Å². The van der Waals surface area contributed by atoms with Crippen LogP contribution >= 0.6 is 11.6 Å². The van der Waals surface area contributed by atoms with E-state index in [1.807, 2.05) is 29.2 Å². The smallest absolute Gasteiger partial charge is 0.233 e. The zero-order valence-corrected chi connectivity index (χ0v) is 15.6. The minimum atomic E-state index is 0.147. The van der Waals surface area contributed by atoms with E-state index in [4.69, 9.17) is 16.1 Å². The maximum atomic E-state index is 12.4. The van der Waals surface area contributed by atoms with Crippen molar-refractivity contribution < 1.29 is 9.32 Å². The molecular formula is C20H24ClN3O2. The number of aromatic nitrogens is 2. The first-order chi connectivity index (χ1) is 12.7. The molecule has 26 heavy (non-hydrogen) atoms. The molecule has 0 unspecified atom stereocenters. The Morgan fingerprint density at radius 3 is 2.81 bits per heavy atom. The first-order valence-corrected chi connectivity index (χ1v) is 9.94. The summed E-state index contributed by atoms with van der Waals surface area (Å²) in [6.07, 6.45) is 8.33. The fraction of sp³-hybridized carbons (Fsp3) is 0.550. The molecule has 2 heterocycles. The molecule has 1 amide bonds. The van der Waals surface area contributed by atoms with E-state index in [1.54, 1.807) is 0 Å². The van der Waals surface area contributed by atoms with Crippen molar-refractivity contribution in [2.24, 2.45) is 5.92 Å². The lowest BCUT2D eigenvalue weighted by Gasteiger charge is -2.37. The molecular weight excluding hydrogens is 350 g/mol. The van der Waals surface area contributed by atoms with Gasteiger partial charge in [0, 0.05) is 30.1 Å². The van der Waals surface area contributed by atoms with Crippen LogP contribution in [0.5, 0.6) is 0 Å². The van der Waals surface area contributed by atoms with Crippen LogP contribution in [0.15, 0.2) is 28.8 Å². The number of rotatable bonds is 5. The molecule has 1 aliphatic carbocycles. The van der Waals surface area contributed by atoms with Gasteiger partial charge in [0.15, 0.2) is 0 Å². The van der Waals surface area contributed by atoms with Crippen LogP contribution in [0.2, 0.25) is 5.02 Å². The number of hydrogen-bond acceptors (Lipinski definition) is 4. The molecule has 0 N–H and O–H groups in total. The Morgan fingerprint density at radius 1 is 1.23 bits per heavy atom. The molecule has 0 atom stereocenters. The van der Waals surface area contributed by atoms with Crippen molar-refractivity contribution in [3.8, 4) is 11.4 Å². The van der Waals surface area contributed by atoms with E-state index in [-0.39, 0.29) is 11.8 Å². The molecule has 5 nitrogen and oxygen atoms in total. The van der Waals surface area contributed by atoms with Crippen molar-refractivity contribution in [1.82, 2.24) is 15.0 Å². The van der Waals surface area contributed by atoms with Crippen LogP contribution in [0.1, 0.15) is 56.8 Å². The minimum Gasteiger partial charge on any atom is -0.341 e. The molecule has 4 rings (SSSR count). The second-order valence-electron chi connectivity index (χ2n) is 7.50. The molecule has 0 radical (unpaired) electrons. The van der Waals surface area contributed by atoms with Crippen LogP contribution in [0.4, 0.5) is 0 Å². The van der Waals surface area contributed by atoms with Crippen molar-refractivity contribution >= 4 is 17.5 Å². The zero-order valence-electron chi connectivity index (χ0n) is 14.9. The molecule has 2 aliphatic rings. The zero-order chi connectivity index (χ0) is 17.9. The molecule has 1 aromatic carbocycles. The molecule has 1 saturated heterocycles. The highest BCUT2D eigenvalue weighted by Crippen LogP contribution is 2.31. The monoisotopic (exact) mass is 373 g/mol. The van der Waals surface area contributed by atoms with Gasteiger partial charge >= 0.3 is 0 Å². The lowest BCUT2D eigenvalue weighted by Crippen LogP contribution is -2.48. The molecule has 1 saturated carbocycles. The van der Waals surface area contributed by atoms with Gasteiger partial charge in [0.2, 0.25) is 17.6 Å². The fourth-order valence-electron chi connectivity index (χ4n) is 3.95. The molecule has 2 fully saturated rings. The largest absolute Gasteiger partial charge is 0.341 e. The van der Waals surface area contributed by atoms with Crippen LogP contribution in [0.3, 0.4) is 0 Å². The Hall–Kier alpha value is -1.88. The Bertz CT molecular complexity index is 764. The van der Waals surface area contributed by atoms with Gasteiger partial charge in [0.25, 0.3) is 0 Å². The highest BCUT2D eigenvalue weighted by Gasteiger charge is 2.35. The minimum absolute atomic E-state index is 0.147. The van der Waals surface area contributed by atoms with E-state index in [0.717, 1.165) is 17.9 Å². The predicted molar refractivity (Wildman–Crippen MR) is 99.9 cm³/mol. The molecule has 138 valence electrons. The second-order valence-corrected chi connectivity index (χ2v) is 7.94. The predicted octanol–water partition coefficient (Wildman–Crippen LogP) is 4.68. The molecule has 1 aromatic heterocycles. The summed E-state index contributed by atoms with van der Waals surface area (Å²) in [5, 5.41) is 4.70. The van der Waals surface area contributed by atoms with E-state index in [1.165, 1.54) is 32.1 Å². The number of halogens is 1. The van der Waals surface area contributed by atoms with E-state index in [2.05, 4.69) is 10.1 Å². The third kappa shape index (κ3) is 3.93. The quantitative estimate of drug-likeness (QED) is 0.763. The molecule has 0 spiro atoms. The Kier molecular flexibility index (Phi) is 5.25.